The molecule has 14 rings (SSSR count). The summed E-state index contributed by atoms with van der Waals surface area (Å²) in [6.45, 7) is 0. The fourth-order valence-electron chi connectivity index (χ4n) is 10.4. The third-order valence-corrected chi connectivity index (χ3v) is 14.9. The van der Waals surface area contributed by atoms with Crippen LogP contribution in [0.2, 0.25) is 0 Å². The summed E-state index contributed by atoms with van der Waals surface area (Å²) < 4.78 is 16.4. The van der Waals surface area contributed by atoms with Crippen LogP contribution in [0.5, 0.6) is 0 Å². The van der Waals surface area contributed by atoms with E-state index in [2.05, 4.69) is 229 Å². The van der Waals surface area contributed by atoms with Crippen molar-refractivity contribution in [2.75, 3.05) is 4.90 Å². The summed E-state index contributed by atoms with van der Waals surface area (Å²) in [5.41, 5.74) is 15.6. The molecule has 0 saturated heterocycles. The van der Waals surface area contributed by atoms with E-state index in [1.807, 2.05) is 23.5 Å². The Hall–Kier alpha value is -8.70. The van der Waals surface area contributed by atoms with Crippen molar-refractivity contribution < 1.29 is 8.83 Å². The molecule has 0 saturated carbocycles. The summed E-state index contributed by atoms with van der Waals surface area (Å²) >= 11 is 1.87. The fourth-order valence-corrected chi connectivity index (χ4v) is 11.7. The van der Waals surface area contributed by atoms with Gasteiger partial charge >= 0.3 is 0 Å². The highest BCUT2D eigenvalue weighted by Gasteiger charge is 2.25. The second-order valence-corrected chi connectivity index (χ2v) is 18.6. The Labute approximate surface area is 396 Å². The number of anilines is 3. The Morgan fingerprint density at radius 1 is 0.294 bits per heavy atom. The first-order valence-electron chi connectivity index (χ1n) is 23.1. The van der Waals surface area contributed by atoms with Crippen molar-refractivity contribution in [3.63, 3.8) is 0 Å². The molecule has 0 aliphatic rings. The van der Waals surface area contributed by atoms with Gasteiger partial charge in [0.15, 0.2) is 5.58 Å². The molecule has 68 heavy (non-hydrogen) atoms. The van der Waals surface area contributed by atoms with Gasteiger partial charge in [-0.1, -0.05) is 188 Å². The zero-order valence-corrected chi connectivity index (χ0v) is 37.5. The normalized spacial score (nSPS) is 11.8. The van der Waals surface area contributed by atoms with Gasteiger partial charge in [0.1, 0.15) is 16.7 Å². The summed E-state index contributed by atoms with van der Waals surface area (Å²) in [5.74, 6) is 0. The van der Waals surface area contributed by atoms with Gasteiger partial charge < -0.3 is 13.7 Å². The van der Waals surface area contributed by atoms with E-state index < -0.39 is 0 Å². The van der Waals surface area contributed by atoms with E-state index in [9.17, 15) is 0 Å². The molecule has 3 heterocycles. The predicted octanol–water partition coefficient (Wildman–Crippen LogP) is 19.1. The van der Waals surface area contributed by atoms with Gasteiger partial charge in [-0.25, -0.2) is 0 Å². The fraction of sp³-hybridized carbons (Fsp3) is 0. The van der Waals surface area contributed by atoms with Crippen molar-refractivity contribution in [2.45, 2.75) is 0 Å². The van der Waals surface area contributed by atoms with Crippen molar-refractivity contribution in [1.82, 2.24) is 0 Å². The SMILES string of the molecule is c1ccc(-c2ccc(N(c3ccc(-c4cccc5c4oc4ccccc45)cc3)c3c(-c4ccc(-c5cccc6c5sc5ccccc56)cc4)ccc4c3oc3c5ccccc5ccc43)cc2)cc1. The van der Waals surface area contributed by atoms with Crippen LogP contribution in [0.25, 0.3) is 119 Å². The standard InChI is InChI=1S/C64H39NO2S/c1-2-12-40(13-3-1)41-28-33-46(34-29-41)65(47-35-30-44(31-36-47)50-18-10-20-54-52-16-6-8-22-58(52)66-61(50)54)60-48(38-39-56-55-37-32-42-14-4-5-15-49(42)62(55)67-63(56)60)43-24-26-45(27-25-43)51-19-11-21-57-53-17-7-9-23-59(53)68-64(51)57/h1-39H. The van der Waals surface area contributed by atoms with Gasteiger partial charge in [0.05, 0.1) is 5.69 Å². The van der Waals surface area contributed by atoms with Crippen LogP contribution in [-0.4, -0.2) is 0 Å². The highest BCUT2D eigenvalue weighted by molar-refractivity contribution is 7.26. The van der Waals surface area contributed by atoms with Crippen LogP contribution >= 0.6 is 11.3 Å². The van der Waals surface area contributed by atoms with Gasteiger partial charge in [0.25, 0.3) is 0 Å². The molecule has 0 radical (unpaired) electrons. The average Bonchev–Trinajstić information content (AvgIpc) is 4.12. The number of para-hydroxylation sites is 2. The van der Waals surface area contributed by atoms with Crippen LogP contribution in [0.15, 0.2) is 245 Å². The first-order valence-corrected chi connectivity index (χ1v) is 23.9. The van der Waals surface area contributed by atoms with Crippen LogP contribution in [0, 0.1) is 0 Å². The van der Waals surface area contributed by atoms with Gasteiger partial charge in [-0.2, -0.15) is 0 Å². The number of benzene rings is 11. The summed E-state index contributed by atoms with van der Waals surface area (Å²) in [7, 11) is 0. The lowest BCUT2D eigenvalue weighted by molar-refractivity contribution is 0.670. The number of nitrogens with zero attached hydrogens (tertiary/aromatic N) is 1. The molecule has 14 aromatic rings. The van der Waals surface area contributed by atoms with E-state index in [0.717, 1.165) is 99.5 Å². The summed E-state index contributed by atoms with van der Waals surface area (Å²) in [6.07, 6.45) is 0. The molecular formula is C64H39NO2S. The maximum Gasteiger partial charge on any atom is 0.160 e. The predicted molar refractivity (Wildman–Crippen MR) is 288 cm³/mol. The first kappa shape index (κ1) is 38.6. The molecular weight excluding hydrogens is 847 g/mol. The van der Waals surface area contributed by atoms with Crippen molar-refractivity contribution in [1.29, 1.82) is 0 Å². The molecule has 0 bridgehead atoms. The minimum Gasteiger partial charge on any atom is -0.455 e. The molecule has 0 atom stereocenters. The highest BCUT2D eigenvalue weighted by Crippen LogP contribution is 2.50. The lowest BCUT2D eigenvalue weighted by Gasteiger charge is -2.28. The van der Waals surface area contributed by atoms with Crippen LogP contribution in [-0.2, 0) is 0 Å². The maximum absolute atomic E-state index is 7.26. The maximum atomic E-state index is 7.26. The molecule has 0 aliphatic heterocycles. The van der Waals surface area contributed by atoms with Gasteiger partial charge in [-0.3, -0.25) is 0 Å². The number of furan rings is 2. The number of thiophene rings is 1. The minimum atomic E-state index is 0.830. The smallest absolute Gasteiger partial charge is 0.160 e. The third kappa shape index (κ3) is 6.12. The van der Waals surface area contributed by atoms with Gasteiger partial charge in [0.2, 0.25) is 0 Å². The van der Waals surface area contributed by atoms with Crippen molar-refractivity contribution in [3.05, 3.63) is 237 Å². The van der Waals surface area contributed by atoms with E-state index in [1.165, 1.54) is 36.9 Å². The topological polar surface area (TPSA) is 29.5 Å². The molecule has 0 amide bonds. The second-order valence-electron chi connectivity index (χ2n) is 17.5. The Morgan fingerprint density at radius 3 is 1.63 bits per heavy atom. The number of hydrogen-bond acceptors (Lipinski definition) is 4. The monoisotopic (exact) mass is 885 g/mol. The van der Waals surface area contributed by atoms with E-state index in [-0.39, 0.29) is 0 Å². The Balaban J connectivity index is 0.985. The molecule has 0 spiro atoms. The molecule has 3 aromatic heterocycles. The van der Waals surface area contributed by atoms with E-state index in [1.54, 1.807) is 0 Å². The molecule has 0 aliphatic carbocycles. The van der Waals surface area contributed by atoms with Crippen LogP contribution < -0.4 is 4.90 Å². The number of hydrogen-bond donors (Lipinski definition) is 0. The molecule has 0 fully saturated rings. The van der Waals surface area contributed by atoms with E-state index in [4.69, 9.17) is 8.83 Å². The molecule has 0 N–H and O–H groups in total. The van der Waals surface area contributed by atoms with Gasteiger partial charge in [-0.05, 0) is 87.3 Å². The van der Waals surface area contributed by atoms with Crippen molar-refractivity contribution in [3.8, 4) is 44.5 Å². The Kier molecular flexibility index (Phi) is 8.76. The van der Waals surface area contributed by atoms with E-state index in [0.29, 0.717) is 0 Å². The second kappa shape index (κ2) is 15.5. The van der Waals surface area contributed by atoms with Crippen molar-refractivity contribution in [2.24, 2.45) is 0 Å². The third-order valence-electron chi connectivity index (χ3n) is 13.7. The average molecular weight is 886 g/mol. The first-order chi connectivity index (χ1) is 33.7. The largest absolute Gasteiger partial charge is 0.455 e. The number of rotatable bonds is 7. The Bertz CT molecular complexity index is 4240. The highest BCUT2D eigenvalue weighted by atomic mass is 32.1. The Morgan fingerprint density at radius 2 is 0.838 bits per heavy atom. The molecule has 318 valence electrons. The molecule has 4 heteroatoms. The lowest BCUT2D eigenvalue weighted by Crippen LogP contribution is -2.11. The zero-order valence-electron chi connectivity index (χ0n) is 36.7. The molecule has 0 unspecified atom stereocenters. The summed E-state index contributed by atoms with van der Waals surface area (Å²) in [5, 5.41) is 9.23. The summed E-state index contributed by atoms with van der Waals surface area (Å²) in [4.78, 5) is 2.38. The lowest BCUT2D eigenvalue weighted by atomic mass is 9.95. The van der Waals surface area contributed by atoms with Gasteiger partial charge in [0, 0.05) is 69.6 Å². The van der Waals surface area contributed by atoms with E-state index >= 15 is 0 Å². The van der Waals surface area contributed by atoms with Crippen LogP contribution in [0.1, 0.15) is 0 Å². The van der Waals surface area contributed by atoms with Crippen LogP contribution in [0.4, 0.5) is 17.1 Å². The molecule has 11 aromatic carbocycles. The van der Waals surface area contributed by atoms with Gasteiger partial charge in [-0.15, -0.1) is 11.3 Å². The summed E-state index contributed by atoms with van der Waals surface area (Å²) in [6, 6.07) is 85.1. The van der Waals surface area contributed by atoms with Crippen molar-refractivity contribution >= 4 is 103 Å². The number of fused-ring (bicyclic) bond motifs is 11. The zero-order chi connectivity index (χ0) is 44.7. The van der Waals surface area contributed by atoms with Crippen LogP contribution in [0.3, 0.4) is 0 Å². The minimum absolute atomic E-state index is 0.830. The quantitative estimate of drug-likeness (QED) is 0.160. The molecule has 3 nitrogen and oxygen atoms in total.